The molecule has 9 heteroatoms. The Kier molecular flexibility index (Phi) is 11.2. The Morgan fingerprint density at radius 1 is 1.10 bits per heavy atom. The first-order valence-corrected chi connectivity index (χ1v) is 14.2. The summed E-state index contributed by atoms with van der Waals surface area (Å²) in [6.07, 6.45) is 3.21. The lowest BCUT2D eigenvalue weighted by Gasteiger charge is -2.41. The molecule has 9 nitrogen and oxygen atoms in total. The molecule has 0 amide bonds. The molecule has 1 aliphatic heterocycles. The van der Waals surface area contributed by atoms with Crippen LogP contribution in [0.5, 0.6) is 5.75 Å². The molecule has 1 saturated heterocycles. The SMILES string of the molecule is COc1ccc(C(=O)O[C@@H]2CC=C(C[C@@H]3C[C@H](C[C@@H](O)CCOC(=O)C(C)(C)C)OC(C)(C)O3)C[C@@H](O)C2)cc1. The molecule has 0 radical (unpaired) electrons. The molecule has 0 aromatic heterocycles. The third-order valence-electron chi connectivity index (χ3n) is 7.05. The molecular weight excluding hydrogens is 516 g/mol. The summed E-state index contributed by atoms with van der Waals surface area (Å²) < 4.78 is 28.4. The van der Waals surface area contributed by atoms with E-state index in [1.807, 2.05) is 19.9 Å². The molecule has 0 spiro atoms. The van der Waals surface area contributed by atoms with Crippen LogP contribution in [0.15, 0.2) is 35.9 Å². The second-order valence-corrected chi connectivity index (χ2v) is 12.3. The molecule has 1 aromatic carbocycles. The molecule has 5 atom stereocenters. The fraction of sp³-hybridized carbons (Fsp3) is 0.677. The predicted octanol–water partition coefficient (Wildman–Crippen LogP) is 4.72. The van der Waals surface area contributed by atoms with Crippen LogP contribution in [-0.4, -0.2) is 72.2 Å². The van der Waals surface area contributed by atoms with Crippen molar-refractivity contribution < 1.29 is 43.5 Å². The van der Waals surface area contributed by atoms with Gasteiger partial charge in [-0.1, -0.05) is 11.6 Å². The summed E-state index contributed by atoms with van der Waals surface area (Å²) in [6, 6.07) is 6.73. The van der Waals surface area contributed by atoms with Gasteiger partial charge in [0.25, 0.3) is 0 Å². The average Bonchev–Trinajstić information content (AvgIpc) is 3.02. The van der Waals surface area contributed by atoms with Crippen LogP contribution in [0.2, 0.25) is 0 Å². The third-order valence-corrected chi connectivity index (χ3v) is 7.05. The van der Waals surface area contributed by atoms with Crippen LogP contribution in [0.1, 0.15) is 89.9 Å². The van der Waals surface area contributed by atoms with E-state index in [-0.39, 0.29) is 24.8 Å². The van der Waals surface area contributed by atoms with Crippen LogP contribution >= 0.6 is 0 Å². The number of ether oxygens (including phenoxy) is 5. The predicted molar refractivity (Wildman–Crippen MR) is 149 cm³/mol. The number of carbonyl (C=O) groups is 2. The Morgan fingerprint density at radius 2 is 1.77 bits per heavy atom. The van der Waals surface area contributed by atoms with E-state index in [2.05, 4.69) is 0 Å². The van der Waals surface area contributed by atoms with Crippen molar-refractivity contribution in [1.29, 1.82) is 0 Å². The molecule has 224 valence electrons. The molecule has 2 aliphatic rings. The molecule has 3 rings (SSSR count). The van der Waals surface area contributed by atoms with Crippen molar-refractivity contribution in [3.05, 3.63) is 41.5 Å². The normalized spacial score (nSPS) is 25.8. The quantitative estimate of drug-likeness (QED) is 0.308. The number of methoxy groups -OCH3 is 1. The Balaban J connectivity index is 1.53. The first-order chi connectivity index (χ1) is 18.7. The molecule has 2 N–H and O–H groups in total. The fourth-order valence-electron chi connectivity index (χ4n) is 5.08. The van der Waals surface area contributed by atoms with Gasteiger partial charge in [-0.2, -0.15) is 0 Å². The van der Waals surface area contributed by atoms with Crippen molar-refractivity contribution in [2.24, 2.45) is 5.41 Å². The molecule has 0 saturated carbocycles. The van der Waals surface area contributed by atoms with E-state index in [9.17, 15) is 19.8 Å². The van der Waals surface area contributed by atoms with Crippen LogP contribution in [0.4, 0.5) is 0 Å². The summed E-state index contributed by atoms with van der Waals surface area (Å²) in [5.41, 5.74) is 0.901. The van der Waals surface area contributed by atoms with E-state index in [0.29, 0.717) is 56.3 Å². The fourth-order valence-corrected chi connectivity index (χ4v) is 5.08. The minimum atomic E-state index is -0.827. The number of benzene rings is 1. The lowest BCUT2D eigenvalue weighted by molar-refractivity contribution is -0.302. The van der Waals surface area contributed by atoms with Crippen molar-refractivity contribution in [3.8, 4) is 5.75 Å². The van der Waals surface area contributed by atoms with Crippen LogP contribution < -0.4 is 4.74 Å². The Hall–Kier alpha value is -2.46. The molecule has 1 aromatic rings. The third kappa shape index (κ3) is 10.2. The number of rotatable bonds is 10. The number of hydrogen-bond acceptors (Lipinski definition) is 9. The highest BCUT2D eigenvalue weighted by atomic mass is 16.7. The standard InChI is InChI=1S/C31H46O9/c1-30(2,3)29(35)37-14-13-22(32)17-27-19-26(39-31(4,5)40-27)16-20-7-10-25(18-23(33)15-20)38-28(34)21-8-11-24(36-6)12-9-21/h7-9,11-12,22-23,25-27,32-33H,10,13-19H2,1-6H3/t22-,23+,25+,26+,27-/m0/s1. The highest BCUT2D eigenvalue weighted by Crippen LogP contribution is 2.34. The van der Waals surface area contributed by atoms with E-state index in [0.717, 1.165) is 5.57 Å². The zero-order valence-corrected chi connectivity index (χ0v) is 24.7. The van der Waals surface area contributed by atoms with E-state index in [1.165, 1.54) is 0 Å². The van der Waals surface area contributed by atoms with Gasteiger partial charge in [-0.25, -0.2) is 4.79 Å². The van der Waals surface area contributed by atoms with Gasteiger partial charge in [0.2, 0.25) is 0 Å². The van der Waals surface area contributed by atoms with Crippen molar-refractivity contribution >= 4 is 11.9 Å². The molecule has 1 heterocycles. The van der Waals surface area contributed by atoms with Crippen LogP contribution in [0.25, 0.3) is 0 Å². The van der Waals surface area contributed by atoms with E-state index in [1.54, 1.807) is 52.1 Å². The number of carbonyl (C=O) groups excluding carboxylic acids is 2. The molecule has 40 heavy (non-hydrogen) atoms. The Morgan fingerprint density at radius 3 is 2.42 bits per heavy atom. The minimum Gasteiger partial charge on any atom is -0.497 e. The maximum absolute atomic E-state index is 12.6. The van der Waals surface area contributed by atoms with Gasteiger partial charge in [-0.3, -0.25) is 4.79 Å². The summed E-state index contributed by atoms with van der Waals surface area (Å²) in [5.74, 6) is -0.890. The summed E-state index contributed by atoms with van der Waals surface area (Å²) in [5, 5.41) is 21.2. The number of aliphatic hydroxyl groups is 2. The van der Waals surface area contributed by atoms with E-state index < -0.39 is 35.5 Å². The van der Waals surface area contributed by atoms with Gasteiger partial charge >= 0.3 is 11.9 Å². The molecule has 0 unspecified atom stereocenters. The van der Waals surface area contributed by atoms with Crippen molar-refractivity contribution in [2.75, 3.05) is 13.7 Å². The first kappa shape index (κ1) is 32.1. The molecule has 0 bridgehead atoms. The highest BCUT2D eigenvalue weighted by Gasteiger charge is 2.37. The zero-order valence-electron chi connectivity index (χ0n) is 24.7. The van der Waals surface area contributed by atoms with Gasteiger partial charge in [-0.05, 0) is 78.1 Å². The minimum absolute atomic E-state index is 0.155. The number of hydrogen-bond donors (Lipinski definition) is 2. The molecule has 1 fully saturated rings. The topological polar surface area (TPSA) is 121 Å². The maximum atomic E-state index is 12.6. The summed E-state index contributed by atoms with van der Waals surface area (Å²) in [6.45, 7) is 9.25. The number of esters is 2. The van der Waals surface area contributed by atoms with Crippen molar-refractivity contribution in [1.82, 2.24) is 0 Å². The van der Waals surface area contributed by atoms with E-state index >= 15 is 0 Å². The van der Waals surface area contributed by atoms with E-state index in [4.69, 9.17) is 23.7 Å². The lowest BCUT2D eigenvalue weighted by atomic mass is 9.94. The van der Waals surface area contributed by atoms with Crippen LogP contribution in [0.3, 0.4) is 0 Å². The summed E-state index contributed by atoms with van der Waals surface area (Å²) in [7, 11) is 1.57. The van der Waals surface area contributed by atoms with Gasteiger partial charge in [-0.15, -0.1) is 0 Å². The largest absolute Gasteiger partial charge is 0.497 e. The zero-order chi connectivity index (χ0) is 29.5. The Bertz CT molecular complexity index is 1010. The van der Waals surface area contributed by atoms with Gasteiger partial charge in [0.1, 0.15) is 11.9 Å². The van der Waals surface area contributed by atoms with Gasteiger partial charge in [0.15, 0.2) is 5.79 Å². The second-order valence-electron chi connectivity index (χ2n) is 12.3. The average molecular weight is 563 g/mol. The van der Waals surface area contributed by atoms with Crippen LogP contribution in [-0.2, 0) is 23.7 Å². The summed E-state index contributed by atoms with van der Waals surface area (Å²) >= 11 is 0. The van der Waals surface area contributed by atoms with Crippen molar-refractivity contribution in [3.63, 3.8) is 0 Å². The lowest BCUT2D eigenvalue weighted by Crippen LogP contribution is -2.45. The molecule has 1 aliphatic carbocycles. The van der Waals surface area contributed by atoms with Crippen molar-refractivity contribution in [2.45, 2.75) is 116 Å². The highest BCUT2D eigenvalue weighted by molar-refractivity contribution is 5.89. The van der Waals surface area contributed by atoms with Gasteiger partial charge < -0.3 is 33.9 Å². The second kappa shape index (κ2) is 13.9. The van der Waals surface area contributed by atoms with Gasteiger partial charge in [0, 0.05) is 25.7 Å². The van der Waals surface area contributed by atoms with Gasteiger partial charge in [0.05, 0.1) is 49.1 Å². The smallest absolute Gasteiger partial charge is 0.338 e. The summed E-state index contributed by atoms with van der Waals surface area (Å²) in [4.78, 5) is 24.6. The Labute approximate surface area is 237 Å². The maximum Gasteiger partial charge on any atom is 0.338 e. The monoisotopic (exact) mass is 562 g/mol. The first-order valence-electron chi connectivity index (χ1n) is 14.2. The van der Waals surface area contributed by atoms with Crippen LogP contribution in [0, 0.1) is 5.41 Å². The number of aliphatic hydroxyl groups excluding tert-OH is 2. The molecular formula is C31H46O9.